The Labute approximate surface area is 187 Å². The zero-order chi connectivity index (χ0) is 22.9. The molecule has 2 aromatic rings. The van der Waals surface area contributed by atoms with Crippen LogP contribution in [0.4, 0.5) is 0 Å². The average Bonchev–Trinajstić information content (AvgIpc) is 2.77. The Morgan fingerprint density at radius 2 is 1.34 bits per heavy atom. The van der Waals surface area contributed by atoms with Crippen molar-refractivity contribution in [3.63, 3.8) is 0 Å². The highest BCUT2D eigenvalue weighted by atomic mass is 16.7. The molecule has 1 aliphatic rings. The van der Waals surface area contributed by atoms with E-state index in [1.54, 1.807) is 0 Å². The summed E-state index contributed by atoms with van der Waals surface area (Å²) in [4.78, 5) is 23.2. The molecule has 1 fully saturated rings. The normalized spacial score (nSPS) is 25.2. The monoisotopic (exact) mass is 444 g/mol. The van der Waals surface area contributed by atoms with Crippen LogP contribution in [0.25, 0.3) is 0 Å². The van der Waals surface area contributed by atoms with E-state index < -0.39 is 42.6 Å². The van der Waals surface area contributed by atoms with Gasteiger partial charge in [-0.25, -0.2) is 0 Å². The van der Waals surface area contributed by atoms with Gasteiger partial charge in [-0.3, -0.25) is 9.59 Å². The first-order valence-electron chi connectivity index (χ1n) is 10.4. The van der Waals surface area contributed by atoms with Gasteiger partial charge in [0.2, 0.25) is 0 Å². The van der Waals surface area contributed by atoms with Gasteiger partial charge in [0, 0.05) is 13.8 Å². The topological polar surface area (TPSA) is 101 Å². The zero-order valence-corrected chi connectivity index (χ0v) is 18.1. The van der Waals surface area contributed by atoms with Crippen LogP contribution in [-0.4, -0.2) is 54.4 Å². The maximum absolute atomic E-state index is 11.9. The van der Waals surface area contributed by atoms with E-state index in [2.05, 4.69) is 0 Å². The smallest absolute Gasteiger partial charge is 0.303 e. The van der Waals surface area contributed by atoms with Gasteiger partial charge in [0.1, 0.15) is 24.9 Å². The summed E-state index contributed by atoms with van der Waals surface area (Å²) in [5.74, 6) is -1.06. The van der Waals surface area contributed by atoms with Gasteiger partial charge in [-0.15, -0.1) is 0 Å². The molecule has 172 valence electrons. The van der Waals surface area contributed by atoms with Crippen LogP contribution in [0.15, 0.2) is 60.7 Å². The number of hydrogen-bond acceptors (Lipinski definition) is 8. The fourth-order valence-corrected chi connectivity index (χ4v) is 3.47. The number of aliphatic hydroxyl groups excluding tert-OH is 1. The van der Waals surface area contributed by atoms with E-state index in [9.17, 15) is 14.7 Å². The van der Waals surface area contributed by atoms with E-state index in [1.165, 1.54) is 13.8 Å². The highest BCUT2D eigenvalue weighted by Crippen LogP contribution is 2.29. The summed E-state index contributed by atoms with van der Waals surface area (Å²) in [6.45, 7) is 2.74. The molecule has 1 heterocycles. The van der Waals surface area contributed by atoms with E-state index in [0.29, 0.717) is 0 Å². The van der Waals surface area contributed by atoms with Crippen molar-refractivity contribution in [3.8, 4) is 0 Å². The van der Waals surface area contributed by atoms with E-state index in [1.807, 2.05) is 60.7 Å². The third kappa shape index (κ3) is 6.86. The van der Waals surface area contributed by atoms with Crippen LogP contribution in [0.3, 0.4) is 0 Å². The van der Waals surface area contributed by atoms with Crippen molar-refractivity contribution in [2.45, 2.75) is 57.8 Å². The van der Waals surface area contributed by atoms with Crippen molar-refractivity contribution in [1.29, 1.82) is 0 Å². The van der Waals surface area contributed by atoms with Crippen LogP contribution in [0, 0.1) is 0 Å². The number of esters is 2. The number of hydrogen-bond donors (Lipinski definition) is 1. The fourth-order valence-electron chi connectivity index (χ4n) is 3.47. The van der Waals surface area contributed by atoms with Gasteiger partial charge in [0.15, 0.2) is 12.4 Å². The third-order valence-corrected chi connectivity index (χ3v) is 4.93. The summed E-state index contributed by atoms with van der Waals surface area (Å²) in [7, 11) is 0. The second-order valence-corrected chi connectivity index (χ2v) is 7.46. The summed E-state index contributed by atoms with van der Waals surface area (Å²) < 4.78 is 28.3. The van der Waals surface area contributed by atoms with Gasteiger partial charge in [0.25, 0.3) is 0 Å². The lowest BCUT2D eigenvalue weighted by atomic mass is 9.98. The van der Waals surface area contributed by atoms with Gasteiger partial charge in [-0.1, -0.05) is 60.7 Å². The molecule has 3 rings (SSSR count). The van der Waals surface area contributed by atoms with E-state index in [0.717, 1.165) is 11.1 Å². The SMILES string of the molecule is CC(=O)OC[C@H]1O[C@H](O)[C@@H](OCc2ccccc2)[C@@H](OC(C)=O)[C@@H]1OCc1ccccc1. The first kappa shape index (κ1) is 23.9. The maximum Gasteiger partial charge on any atom is 0.303 e. The molecule has 5 atom stereocenters. The van der Waals surface area contributed by atoms with Crippen molar-refractivity contribution in [1.82, 2.24) is 0 Å². The molecule has 0 spiro atoms. The number of aliphatic hydroxyl groups is 1. The Morgan fingerprint density at radius 1 is 0.812 bits per heavy atom. The lowest BCUT2D eigenvalue weighted by molar-refractivity contribution is -0.309. The number of ether oxygens (including phenoxy) is 5. The van der Waals surface area contributed by atoms with Gasteiger partial charge >= 0.3 is 11.9 Å². The molecule has 8 nitrogen and oxygen atoms in total. The Hall–Kier alpha value is -2.78. The molecule has 1 aliphatic heterocycles. The lowest BCUT2D eigenvalue weighted by Crippen LogP contribution is -2.61. The number of carbonyl (C=O) groups is 2. The average molecular weight is 444 g/mol. The molecular weight excluding hydrogens is 416 g/mol. The summed E-state index contributed by atoms with van der Waals surface area (Å²) in [6.07, 6.45) is -5.11. The first-order chi connectivity index (χ1) is 15.4. The van der Waals surface area contributed by atoms with E-state index in [4.69, 9.17) is 23.7 Å². The summed E-state index contributed by atoms with van der Waals surface area (Å²) >= 11 is 0. The number of carbonyl (C=O) groups excluding carboxylic acids is 2. The Balaban J connectivity index is 1.81. The van der Waals surface area contributed by atoms with Crippen molar-refractivity contribution < 1.29 is 38.4 Å². The fraction of sp³-hybridized carbons (Fsp3) is 0.417. The Morgan fingerprint density at radius 3 is 1.84 bits per heavy atom. The zero-order valence-electron chi connectivity index (χ0n) is 18.1. The van der Waals surface area contributed by atoms with Crippen LogP contribution in [0.5, 0.6) is 0 Å². The van der Waals surface area contributed by atoms with Crippen molar-refractivity contribution >= 4 is 11.9 Å². The molecular formula is C24H28O8. The van der Waals surface area contributed by atoms with Gasteiger partial charge in [0.05, 0.1) is 13.2 Å². The molecule has 1 N–H and O–H groups in total. The third-order valence-electron chi connectivity index (χ3n) is 4.93. The minimum atomic E-state index is -1.42. The summed E-state index contributed by atoms with van der Waals surface area (Å²) in [6, 6.07) is 18.8. The van der Waals surface area contributed by atoms with Crippen molar-refractivity contribution in [2.24, 2.45) is 0 Å². The largest absolute Gasteiger partial charge is 0.463 e. The molecule has 8 heteroatoms. The molecule has 0 unspecified atom stereocenters. The van der Waals surface area contributed by atoms with E-state index >= 15 is 0 Å². The lowest BCUT2D eigenvalue weighted by Gasteiger charge is -2.43. The first-order valence-corrected chi connectivity index (χ1v) is 10.4. The Kier molecular flexibility index (Phi) is 8.75. The molecule has 0 radical (unpaired) electrons. The summed E-state index contributed by atoms with van der Waals surface area (Å²) in [5.41, 5.74) is 1.78. The number of benzene rings is 2. The molecule has 0 bridgehead atoms. The molecule has 0 aromatic heterocycles. The predicted octanol–water partition coefficient (Wildman–Crippen LogP) is 2.37. The van der Waals surface area contributed by atoms with E-state index in [-0.39, 0.29) is 19.8 Å². The number of rotatable bonds is 9. The maximum atomic E-state index is 11.9. The van der Waals surface area contributed by atoms with Gasteiger partial charge < -0.3 is 28.8 Å². The molecule has 0 aliphatic carbocycles. The van der Waals surface area contributed by atoms with Gasteiger partial charge in [-0.2, -0.15) is 0 Å². The van der Waals surface area contributed by atoms with Crippen LogP contribution in [0.1, 0.15) is 25.0 Å². The predicted molar refractivity (Wildman–Crippen MR) is 113 cm³/mol. The van der Waals surface area contributed by atoms with Crippen molar-refractivity contribution in [2.75, 3.05) is 6.61 Å². The molecule has 1 saturated heterocycles. The Bertz CT molecular complexity index is 857. The minimum absolute atomic E-state index is 0.170. The quantitative estimate of drug-likeness (QED) is 0.589. The summed E-state index contributed by atoms with van der Waals surface area (Å²) in [5, 5.41) is 10.6. The molecule has 32 heavy (non-hydrogen) atoms. The molecule has 0 amide bonds. The standard InChI is InChI=1S/C24H28O8/c1-16(25)28-15-20-21(29-13-18-9-5-3-6-10-18)22(31-17(2)26)23(24(27)32-20)30-14-19-11-7-4-8-12-19/h3-12,20-24,27H,13-15H2,1-2H3/t20-,21-,22+,23+,24+/m1/s1. The minimum Gasteiger partial charge on any atom is -0.463 e. The second kappa shape index (κ2) is 11.7. The molecule has 0 saturated carbocycles. The molecule has 2 aromatic carbocycles. The van der Waals surface area contributed by atoms with Crippen LogP contribution in [0.2, 0.25) is 0 Å². The highest BCUT2D eigenvalue weighted by Gasteiger charge is 2.49. The van der Waals surface area contributed by atoms with Crippen LogP contribution < -0.4 is 0 Å². The van der Waals surface area contributed by atoms with Crippen molar-refractivity contribution in [3.05, 3.63) is 71.8 Å². The van der Waals surface area contributed by atoms with Crippen LogP contribution in [-0.2, 0) is 46.5 Å². The second-order valence-electron chi connectivity index (χ2n) is 7.46. The van der Waals surface area contributed by atoms with Crippen LogP contribution >= 0.6 is 0 Å². The van der Waals surface area contributed by atoms with Gasteiger partial charge in [-0.05, 0) is 11.1 Å². The highest BCUT2D eigenvalue weighted by molar-refractivity contribution is 5.66.